The lowest BCUT2D eigenvalue weighted by Crippen LogP contribution is -2.25. The van der Waals surface area contributed by atoms with E-state index in [1.54, 1.807) is 11.8 Å². The van der Waals surface area contributed by atoms with Gasteiger partial charge in [-0.2, -0.15) is 16.9 Å². The van der Waals surface area contributed by atoms with Crippen LogP contribution in [0.4, 0.5) is 0 Å². The Morgan fingerprint density at radius 3 is 2.93 bits per heavy atom. The molecule has 0 radical (unpaired) electrons. The van der Waals surface area contributed by atoms with Gasteiger partial charge in [0.15, 0.2) is 5.69 Å². The number of hydrogen-bond donors (Lipinski definition) is 1. The van der Waals surface area contributed by atoms with E-state index in [4.69, 9.17) is 5.11 Å². The minimum Gasteiger partial charge on any atom is -0.476 e. The van der Waals surface area contributed by atoms with Crippen LogP contribution in [0, 0.1) is 0 Å². The lowest BCUT2D eigenvalue weighted by atomic mass is 10.4. The van der Waals surface area contributed by atoms with Crippen molar-refractivity contribution in [1.29, 1.82) is 0 Å². The molecule has 5 nitrogen and oxygen atoms in total. The quantitative estimate of drug-likeness (QED) is 0.780. The van der Waals surface area contributed by atoms with Gasteiger partial charge in [-0.25, -0.2) is 9.48 Å². The van der Waals surface area contributed by atoms with E-state index < -0.39 is 5.97 Å². The molecule has 0 aliphatic carbocycles. The van der Waals surface area contributed by atoms with E-state index in [0.717, 1.165) is 5.75 Å². The number of aromatic nitrogens is 2. The highest BCUT2D eigenvalue weighted by Gasteiger charge is 2.06. The van der Waals surface area contributed by atoms with E-state index in [1.807, 2.05) is 6.26 Å². The average molecular weight is 214 g/mol. The zero-order valence-electron chi connectivity index (χ0n) is 7.64. The Bertz CT molecular complexity index is 388. The molecule has 14 heavy (non-hydrogen) atoms. The molecule has 1 rings (SSSR count). The molecule has 1 aromatic heterocycles. The van der Waals surface area contributed by atoms with Crippen molar-refractivity contribution in [3.05, 3.63) is 28.2 Å². The monoisotopic (exact) mass is 214 g/mol. The van der Waals surface area contributed by atoms with Crippen molar-refractivity contribution in [3.63, 3.8) is 0 Å². The summed E-state index contributed by atoms with van der Waals surface area (Å²) in [5.74, 6) is -0.390. The molecule has 0 atom stereocenters. The first kappa shape index (κ1) is 10.8. The first-order valence-corrected chi connectivity index (χ1v) is 5.35. The van der Waals surface area contributed by atoms with Gasteiger partial charge in [0, 0.05) is 11.8 Å². The summed E-state index contributed by atoms with van der Waals surface area (Å²) in [4.78, 5) is 21.8. The first-order valence-electron chi connectivity index (χ1n) is 3.95. The van der Waals surface area contributed by atoms with Crippen LogP contribution in [0.1, 0.15) is 10.5 Å². The van der Waals surface area contributed by atoms with Crippen LogP contribution in [-0.2, 0) is 6.54 Å². The van der Waals surface area contributed by atoms with Crippen molar-refractivity contribution >= 4 is 17.7 Å². The second kappa shape index (κ2) is 4.80. The summed E-state index contributed by atoms with van der Waals surface area (Å²) in [5, 5.41) is 12.3. The number of aryl methyl sites for hydroxylation is 1. The SMILES string of the molecule is CSCCn1nc(C(=O)O)ccc1=O. The van der Waals surface area contributed by atoms with Gasteiger partial charge in [0.1, 0.15) is 0 Å². The maximum Gasteiger partial charge on any atom is 0.356 e. The van der Waals surface area contributed by atoms with Crippen LogP contribution in [0.5, 0.6) is 0 Å². The number of nitrogens with zero attached hydrogens (tertiary/aromatic N) is 2. The topological polar surface area (TPSA) is 72.2 Å². The normalized spacial score (nSPS) is 10.1. The van der Waals surface area contributed by atoms with Gasteiger partial charge in [0.25, 0.3) is 5.56 Å². The fourth-order valence-electron chi connectivity index (χ4n) is 0.901. The zero-order chi connectivity index (χ0) is 10.6. The van der Waals surface area contributed by atoms with Crippen molar-refractivity contribution in [2.45, 2.75) is 6.54 Å². The molecule has 76 valence electrons. The van der Waals surface area contributed by atoms with Crippen molar-refractivity contribution in [2.75, 3.05) is 12.0 Å². The Balaban J connectivity index is 2.96. The van der Waals surface area contributed by atoms with Crippen LogP contribution < -0.4 is 5.56 Å². The molecule has 1 heterocycles. The molecule has 0 bridgehead atoms. The molecule has 0 aromatic carbocycles. The van der Waals surface area contributed by atoms with Gasteiger partial charge in [0.2, 0.25) is 0 Å². The summed E-state index contributed by atoms with van der Waals surface area (Å²) >= 11 is 1.57. The van der Waals surface area contributed by atoms with Crippen molar-refractivity contribution in [3.8, 4) is 0 Å². The number of carboxylic acids is 1. The second-order valence-corrected chi connectivity index (χ2v) is 3.56. The number of thioether (sulfide) groups is 1. The fraction of sp³-hybridized carbons (Fsp3) is 0.375. The van der Waals surface area contributed by atoms with Crippen molar-refractivity contribution in [1.82, 2.24) is 9.78 Å². The summed E-state index contributed by atoms with van der Waals surface area (Å²) in [7, 11) is 0. The molecule has 0 amide bonds. The predicted molar refractivity (Wildman–Crippen MR) is 53.8 cm³/mol. The van der Waals surface area contributed by atoms with Gasteiger partial charge in [-0.05, 0) is 12.3 Å². The summed E-state index contributed by atoms with van der Waals surface area (Å²) in [5.41, 5.74) is -0.380. The van der Waals surface area contributed by atoms with Gasteiger partial charge in [0.05, 0.1) is 6.54 Å². The number of carbonyl (C=O) groups is 1. The molecule has 0 spiro atoms. The highest BCUT2D eigenvalue weighted by Crippen LogP contribution is 1.94. The third kappa shape index (κ3) is 2.59. The maximum absolute atomic E-state index is 11.2. The summed E-state index contributed by atoms with van der Waals surface area (Å²) in [6.45, 7) is 0.432. The van der Waals surface area contributed by atoms with E-state index in [-0.39, 0.29) is 11.3 Å². The van der Waals surface area contributed by atoms with Crippen LogP contribution in [0.15, 0.2) is 16.9 Å². The van der Waals surface area contributed by atoms with Gasteiger partial charge < -0.3 is 5.11 Å². The van der Waals surface area contributed by atoms with Crippen molar-refractivity contribution in [2.24, 2.45) is 0 Å². The van der Waals surface area contributed by atoms with Gasteiger partial charge in [-0.15, -0.1) is 0 Å². The standard InChI is InChI=1S/C8H10N2O3S/c1-14-5-4-10-7(11)3-2-6(9-10)8(12)13/h2-3H,4-5H2,1H3,(H,12,13). The molecular weight excluding hydrogens is 204 g/mol. The second-order valence-electron chi connectivity index (χ2n) is 2.58. The van der Waals surface area contributed by atoms with Crippen LogP contribution in [0.2, 0.25) is 0 Å². The number of carboxylic acid groups (broad SMARTS) is 1. The largest absolute Gasteiger partial charge is 0.476 e. The highest BCUT2D eigenvalue weighted by atomic mass is 32.2. The number of aromatic carboxylic acids is 1. The Hall–Kier alpha value is -1.30. The van der Waals surface area contributed by atoms with E-state index in [0.29, 0.717) is 6.54 Å². The number of rotatable bonds is 4. The Kier molecular flexibility index (Phi) is 3.70. The molecule has 1 aromatic rings. The van der Waals surface area contributed by atoms with E-state index in [2.05, 4.69) is 5.10 Å². The molecule has 0 aliphatic rings. The third-order valence-corrected chi connectivity index (χ3v) is 2.18. The van der Waals surface area contributed by atoms with Crippen LogP contribution in [-0.4, -0.2) is 32.9 Å². The maximum atomic E-state index is 11.2. The third-order valence-electron chi connectivity index (χ3n) is 1.59. The summed E-state index contributed by atoms with van der Waals surface area (Å²) in [6.07, 6.45) is 1.91. The lowest BCUT2D eigenvalue weighted by Gasteiger charge is -2.02. The average Bonchev–Trinajstić information content (AvgIpc) is 2.16. The van der Waals surface area contributed by atoms with Crippen LogP contribution in [0.25, 0.3) is 0 Å². The Labute approximate surface area is 84.7 Å². The van der Waals surface area contributed by atoms with Crippen LogP contribution in [0.3, 0.4) is 0 Å². The van der Waals surface area contributed by atoms with E-state index in [9.17, 15) is 9.59 Å². The predicted octanol–water partition coefficient (Wildman–Crippen LogP) is 0.304. The van der Waals surface area contributed by atoms with Crippen molar-refractivity contribution < 1.29 is 9.90 Å². The zero-order valence-corrected chi connectivity index (χ0v) is 8.45. The minimum atomic E-state index is -1.12. The van der Waals surface area contributed by atoms with E-state index in [1.165, 1.54) is 16.8 Å². The fourth-order valence-corrected chi connectivity index (χ4v) is 1.26. The highest BCUT2D eigenvalue weighted by molar-refractivity contribution is 7.98. The van der Waals surface area contributed by atoms with Gasteiger partial charge in [-0.1, -0.05) is 0 Å². The molecule has 0 unspecified atom stereocenters. The molecule has 6 heteroatoms. The van der Waals surface area contributed by atoms with Gasteiger partial charge in [-0.3, -0.25) is 4.79 Å². The molecule has 1 N–H and O–H groups in total. The van der Waals surface area contributed by atoms with E-state index >= 15 is 0 Å². The molecular formula is C8H10N2O3S. The number of hydrogen-bond acceptors (Lipinski definition) is 4. The molecule has 0 saturated heterocycles. The minimum absolute atomic E-state index is 0.106. The molecule has 0 aliphatic heterocycles. The molecule has 0 saturated carbocycles. The first-order chi connectivity index (χ1) is 6.65. The smallest absolute Gasteiger partial charge is 0.356 e. The lowest BCUT2D eigenvalue weighted by molar-refractivity contribution is 0.0687. The van der Waals surface area contributed by atoms with Gasteiger partial charge >= 0.3 is 5.97 Å². The summed E-state index contributed by atoms with van der Waals surface area (Å²) in [6, 6.07) is 2.43. The summed E-state index contributed by atoms with van der Waals surface area (Å²) < 4.78 is 1.17. The Morgan fingerprint density at radius 2 is 2.36 bits per heavy atom. The Morgan fingerprint density at radius 1 is 1.64 bits per heavy atom. The molecule has 0 fully saturated rings. The van der Waals surface area contributed by atoms with Crippen LogP contribution >= 0.6 is 11.8 Å².